The Labute approximate surface area is 92.3 Å². The van der Waals surface area contributed by atoms with Gasteiger partial charge < -0.3 is 14.8 Å². The van der Waals surface area contributed by atoms with Crippen LogP contribution in [0.15, 0.2) is 0 Å². The van der Waals surface area contributed by atoms with Crippen molar-refractivity contribution in [3.05, 3.63) is 0 Å². The zero-order valence-corrected chi connectivity index (χ0v) is 9.88. The van der Waals surface area contributed by atoms with Gasteiger partial charge in [0.25, 0.3) is 0 Å². The zero-order valence-electron chi connectivity index (χ0n) is 9.88. The lowest BCUT2D eigenvalue weighted by molar-refractivity contribution is -0.122. The van der Waals surface area contributed by atoms with E-state index in [0.717, 1.165) is 32.4 Å². The predicted molar refractivity (Wildman–Crippen MR) is 59.8 cm³/mol. The molecule has 1 amide bonds. The maximum absolute atomic E-state index is 11.1. The number of amides is 1. The number of hydrogen-bond acceptors (Lipinski definition) is 3. The first-order valence-corrected chi connectivity index (χ1v) is 5.64. The van der Waals surface area contributed by atoms with Crippen LogP contribution in [0.3, 0.4) is 0 Å². The number of methoxy groups -OCH3 is 1. The smallest absolute Gasteiger partial charge is 0.222 e. The SMILES string of the molecule is CCCNC(=O)CCOCCCCOC. The third-order valence-electron chi connectivity index (χ3n) is 1.93. The summed E-state index contributed by atoms with van der Waals surface area (Å²) in [6.07, 6.45) is 3.44. The van der Waals surface area contributed by atoms with Crippen LogP contribution >= 0.6 is 0 Å². The largest absolute Gasteiger partial charge is 0.385 e. The first-order chi connectivity index (χ1) is 7.31. The maximum atomic E-state index is 11.1. The molecule has 0 saturated heterocycles. The van der Waals surface area contributed by atoms with Gasteiger partial charge in [0, 0.05) is 33.3 Å². The highest BCUT2D eigenvalue weighted by Crippen LogP contribution is 1.91. The lowest BCUT2D eigenvalue weighted by Crippen LogP contribution is -2.25. The highest BCUT2D eigenvalue weighted by atomic mass is 16.5. The van der Waals surface area contributed by atoms with Crippen molar-refractivity contribution < 1.29 is 14.3 Å². The van der Waals surface area contributed by atoms with E-state index in [2.05, 4.69) is 5.32 Å². The first kappa shape index (κ1) is 14.4. The van der Waals surface area contributed by atoms with Crippen LogP contribution in [0.25, 0.3) is 0 Å². The van der Waals surface area contributed by atoms with Gasteiger partial charge in [0.15, 0.2) is 0 Å². The maximum Gasteiger partial charge on any atom is 0.222 e. The highest BCUT2D eigenvalue weighted by molar-refractivity contribution is 5.75. The molecule has 0 aromatic carbocycles. The summed E-state index contributed by atoms with van der Waals surface area (Å²) in [5, 5.41) is 2.80. The van der Waals surface area contributed by atoms with Gasteiger partial charge in [0.05, 0.1) is 6.61 Å². The Hall–Kier alpha value is -0.610. The second kappa shape index (κ2) is 11.5. The fourth-order valence-electron chi connectivity index (χ4n) is 1.07. The standard InChI is InChI=1S/C11H23NO3/c1-3-7-12-11(13)6-10-15-9-5-4-8-14-2/h3-10H2,1-2H3,(H,12,13). The second-order valence-electron chi connectivity index (χ2n) is 3.41. The third-order valence-corrected chi connectivity index (χ3v) is 1.93. The quantitative estimate of drug-likeness (QED) is 0.562. The topological polar surface area (TPSA) is 47.6 Å². The zero-order chi connectivity index (χ0) is 11.4. The number of unbranched alkanes of at least 4 members (excludes halogenated alkanes) is 1. The van der Waals surface area contributed by atoms with Gasteiger partial charge in [-0.05, 0) is 19.3 Å². The first-order valence-electron chi connectivity index (χ1n) is 5.64. The van der Waals surface area contributed by atoms with Gasteiger partial charge in [-0.25, -0.2) is 0 Å². The van der Waals surface area contributed by atoms with E-state index in [0.29, 0.717) is 19.6 Å². The minimum Gasteiger partial charge on any atom is -0.385 e. The van der Waals surface area contributed by atoms with Crippen LogP contribution in [0.4, 0.5) is 0 Å². The van der Waals surface area contributed by atoms with Gasteiger partial charge in [0.2, 0.25) is 5.91 Å². The van der Waals surface area contributed by atoms with E-state index < -0.39 is 0 Å². The Morgan fingerprint density at radius 1 is 1.20 bits per heavy atom. The summed E-state index contributed by atoms with van der Waals surface area (Å²) in [5.41, 5.74) is 0. The summed E-state index contributed by atoms with van der Waals surface area (Å²) < 4.78 is 10.2. The van der Waals surface area contributed by atoms with Gasteiger partial charge in [0.1, 0.15) is 0 Å². The molecule has 4 heteroatoms. The number of carbonyl (C=O) groups excluding carboxylic acids is 1. The molecule has 0 atom stereocenters. The van der Waals surface area contributed by atoms with Crippen molar-refractivity contribution in [3.8, 4) is 0 Å². The lowest BCUT2D eigenvalue weighted by atomic mass is 10.3. The van der Waals surface area contributed by atoms with E-state index in [1.54, 1.807) is 7.11 Å². The summed E-state index contributed by atoms with van der Waals surface area (Å²) in [7, 11) is 1.69. The normalized spacial score (nSPS) is 10.3. The average Bonchev–Trinajstić information content (AvgIpc) is 2.25. The highest BCUT2D eigenvalue weighted by Gasteiger charge is 1.98. The summed E-state index contributed by atoms with van der Waals surface area (Å²) in [6, 6.07) is 0. The predicted octanol–water partition coefficient (Wildman–Crippen LogP) is 1.35. The lowest BCUT2D eigenvalue weighted by Gasteiger charge is -2.04. The van der Waals surface area contributed by atoms with E-state index in [1.165, 1.54) is 0 Å². The molecule has 0 unspecified atom stereocenters. The fraction of sp³-hybridized carbons (Fsp3) is 0.909. The third kappa shape index (κ3) is 11.3. The molecule has 0 rings (SSSR count). The van der Waals surface area contributed by atoms with E-state index in [4.69, 9.17) is 9.47 Å². The molecule has 0 aliphatic rings. The number of carbonyl (C=O) groups is 1. The molecule has 0 fully saturated rings. The molecule has 0 aliphatic carbocycles. The number of rotatable bonds is 10. The van der Waals surface area contributed by atoms with Gasteiger partial charge in [-0.3, -0.25) is 4.79 Å². The summed E-state index contributed by atoms with van der Waals surface area (Å²) in [5.74, 6) is 0.0775. The van der Waals surface area contributed by atoms with Crippen molar-refractivity contribution in [2.24, 2.45) is 0 Å². The molecule has 1 N–H and O–H groups in total. The van der Waals surface area contributed by atoms with E-state index in [-0.39, 0.29) is 5.91 Å². The minimum absolute atomic E-state index is 0.0775. The molecule has 0 saturated carbocycles. The number of ether oxygens (including phenoxy) is 2. The number of hydrogen-bond donors (Lipinski definition) is 1. The Morgan fingerprint density at radius 2 is 1.93 bits per heavy atom. The van der Waals surface area contributed by atoms with E-state index in [1.807, 2.05) is 6.92 Å². The van der Waals surface area contributed by atoms with E-state index in [9.17, 15) is 4.79 Å². The van der Waals surface area contributed by atoms with Crippen LogP contribution in [0.2, 0.25) is 0 Å². The van der Waals surface area contributed by atoms with Crippen molar-refractivity contribution >= 4 is 5.91 Å². The molecule has 4 nitrogen and oxygen atoms in total. The number of nitrogens with one attached hydrogen (secondary N) is 1. The molecule has 15 heavy (non-hydrogen) atoms. The van der Waals surface area contributed by atoms with Gasteiger partial charge >= 0.3 is 0 Å². The van der Waals surface area contributed by atoms with Crippen molar-refractivity contribution in [1.82, 2.24) is 5.32 Å². The summed E-state index contributed by atoms with van der Waals surface area (Å²) >= 11 is 0. The van der Waals surface area contributed by atoms with Gasteiger partial charge in [-0.2, -0.15) is 0 Å². The molecule has 0 heterocycles. The minimum atomic E-state index is 0.0775. The molecule has 0 aromatic heterocycles. The van der Waals surface area contributed by atoms with Crippen LogP contribution in [0.1, 0.15) is 32.6 Å². The summed E-state index contributed by atoms with van der Waals surface area (Å²) in [4.78, 5) is 11.1. The van der Waals surface area contributed by atoms with Crippen molar-refractivity contribution in [1.29, 1.82) is 0 Å². The van der Waals surface area contributed by atoms with Crippen molar-refractivity contribution in [2.45, 2.75) is 32.6 Å². The van der Waals surface area contributed by atoms with Gasteiger partial charge in [-0.15, -0.1) is 0 Å². The summed E-state index contributed by atoms with van der Waals surface area (Å²) in [6.45, 7) is 4.80. The molecule has 0 bridgehead atoms. The molecular formula is C11H23NO3. The molecule has 0 aromatic rings. The van der Waals surface area contributed by atoms with Gasteiger partial charge in [-0.1, -0.05) is 6.92 Å². The molecule has 0 spiro atoms. The van der Waals surface area contributed by atoms with Crippen LogP contribution in [0, 0.1) is 0 Å². The van der Waals surface area contributed by atoms with Crippen LogP contribution in [-0.4, -0.2) is 39.4 Å². The molecule has 90 valence electrons. The Kier molecular flexibility index (Phi) is 11.0. The fourth-order valence-corrected chi connectivity index (χ4v) is 1.07. The molecule has 0 radical (unpaired) electrons. The Balaban J connectivity index is 3.06. The molecule has 0 aliphatic heterocycles. The average molecular weight is 217 g/mol. The van der Waals surface area contributed by atoms with Crippen LogP contribution in [-0.2, 0) is 14.3 Å². The Bertz CT molecular complexity index is 151. The van der Waals surface area contributed by atoms with E-state index >= 15 is 0 Å². The second-order valence-corrected chi connectivity index (χ2v) is 3.41. The monoisotopic (exact) mass is 217 g/mol. The van der Waals surface area contributed by atoms with Crippen LogP contribution < -0.4 is 5.32 Å². The Morgan fingerprint density at radius 3 is 2.60 bits per heavy atom. The van der Waals surface area contributed by atoms with Crippen molar-refractivity contribution in [2.75, 3.05) is 33.5 Å². The van der Waals surface area contributed by atoms with Crippen molar-refractivity contribution in [3.63, 3.8) is 0 Å². The van der Waals surface area contributed by atoms with Crippen LogP contribution in [0.5, 0.6) is 0 Å². The molecular weight excluding hydrogens is 194 g/mol.